The molecule has 1 aromatic rings. The van der Waals surface area contributed by atoms with Crippen LogP contribution in [-0.2, 0) is 4.79 Å². The number of benzene rings is 1. The van der Waals surface area contributed by atoms with Crippen LogP contribution in [0.3, 0.4) is 0 Å². The molecule has 4 heteroatoms. The van der Waals surface area contributed by atoms with Gasteiger partial charge in [0, 0.05) is 17.3 Å². The van der Waals surface area contributed by atoms with Crippen LogP contribution in [0.4, 0.5) is 5.69 Å². The van der Waals surface area contributed by atoms with Gasteiger partial charge in [0.1, 0.15) is 0 Å². The molecule has 0 saturated heterocycles. The summed E-state index contributed by atoms with van der Waals surface area (Å²) in [5.74, 6) is -0.157. The van der Waals surface area contributed by atoms with Gasteiger partial charge in [0.25, 0.3) is 0 Å². The maximum absolute atomic E-state index is 11.8. The van der Waals surface area contributed by atoms with Crippen molar-refractivity contribution >= 4 is 23.2 Å². The molecule has 0 aliphatic carbocycles. The smallest absolute Gasteiger partial charge is 0.228 e. The molecular formula is C12H17ClN2O. The predicted octanol–water partition coefficient (Wildman–Crippen LogP) is 2.65. The van der Waals surface area contributed by atoms with Gasteiger partial charge >= 0.3 is 0 Å². The van der Waals surface area contributed by atoms with Gasteiger partial charge < -0.3 is 11.1 Å². The monoisotopic (exact) mass is 240 g/mol. The molecule has 3 N–H and O–H groups in total. The zero-order valence-corrected chi connectivity index (χ0v) is 10.1. The van der Waals surface area contributed by atoms with Crippen LogP contribution >= 0.6 is 11.6 Å². The average Bonchev–Trinajstić information content (AvgIpc) is 2.25. The first-order valence-corrected chi connectivity index (χ1v) is 5.81. The van der Waals surface area contributed by atoms with Gasteiger partial charge in [-0.3, -0.25) is 4.79 Å². The van der Waals surface area contributed by atoms with Crippen molar-refractivity contribution in [3.8, 4) is 0 Å². The number of rotatable bonds is 5. The minimum absolute atomic E-state index is 0.0355. The van der Waals surface area contributed by atoms with Crippen molar-refractivity contribution < 1.29 is 4.79 Å². The normalized spacial score (nSPS) is 12.2. The molecule has 1 atom stereocenters. The second-order valence-corrected chi connectivity index (χ2v) is 4.16. The summed E-state index contributed by atoms with van der Waals surface area (Å²) in [7, 11) is 0. The highest BCUT2D eigenvalue weighted by Gasteiger charge is 2.15. The van der Waals surface area contributed by atoms with Crippen molar-refractivity contribution in [1.82, 2.24) is 0 Å². The second kappa shape index (κ2) is 6.51. The molecule has 0 aromatic heterocycles. The van der Waals surface area contributed by atoms with Gasteiger partial charge in [-0.25, -0.2) is 0 Å². The number of amides is 1. The van der Waals surface area contributed by atoms with Crippen molar-refractivity contribution in [1.29, 1.82) is 0 Å². The summed E-state index contributed by atoms with van der Waals surface area (Å²) in [6.45, 7) is 2.41. The largest absolute Gasteiger partial charge is 0.330 e. The first-order chi connectivity index (χ1) is 7.67. The van der Waals surface area contributed by atoms with E-state index < -0.39 is 0 Å². The molecule has 3 nitrogen and oxygen atoms in total. The lowest BCUT2D eigenvalue weighted by molar-refractivity contribution is -0.119. The summed E-state index contributed by atoms with van der Waals surface area (Å²) in [6, 6.07) is 7.10. The van der Waals surface area contributed by atoms with Crippen molar-refractivity contribution in [3.05, 3.63) is 29.3 Å². The van der Waals surface area contributed by atoms with E-state index in [-0.39, 0.29) is 11.8 Å². The van der Waals surface area contributed by atoms with E-state index in [4.69, 9.17) is 17.3 Å². The minimum Gasteiger partial charge on any atom is -0.330 e. The third kappa shape index (κ3) is 3.83. The number of carbonyl (C=O) groups excluding carboxylic acids is 1. The number of hydrogen-bond acceptors (Lipinski definition) is 2. The fourth-order valence-electron chi connectivity index (χ4n) is 1.52. The van der Waals surface area contributed by atoms with Gasteiger partial charge in [-0.15, -0.1) is 0 Å². The van der Waals surface area contributed by atoms with E-state index in [1.807, 2.05) is 13.0 Å². The summed E-state index contributed by atoms with van der Waals surface area (Å²) in [5, 5.41) is 3.42. The van der Waals surface area contributed by atoms with Gasteiger partial charge in [0.15, 0.2) is 0 Å². The standard InChI is InChI=1S/C12H17ClN2O/c1-2-4-9(8-14)12(16)15-11-6-3-5-10(13)7-11/h3,5-7,9H,2,4,8,14H2,1H3,(H,15,16). The van der Waals surface area contributed by atoms with E-state index in [1.54, 1.807) is 18.2 Å². The molecule has 0 aliphatic heterocycles. The predicted molar refractivity (Wildman–Crippen MR) is 67.5 cm³/mol. The molecule has 0 radical (unpaired) electrons. The van der Waals surface area contributed by atoms with E-state index in [0.29, 0.717) is 17.3 Å². The van der Waals surface area contributed by atoms with Crippen LogP contribution in [0, 0.1) is 5.92 Å². The Morgan fingerprint density at radius 3 is 2.88 bits per heavy atom. The van der Waals surface area contributed by atoms with Crippen LogP contribution in [0.2, 0.25) is 5.02 Å². The van der Waals surface area contributed by atoms with Crippen LogP contribution in [0.1, 0.15) is 19.8 Å². The number of nitrogens with two attached hydrogens (primary N) is 1. The lowest BCUT2D eigenvalue weighted by atomic mass is 10.0. The number of halogens is 1. The van der Waals surface area contributed by atoms with Crippen molar-refractivity contribution in [2.24, 2.45) is 11.7 Å². The number of nitrogens with one attached hydrogen (secondary N) is 1. The molecule has 0 bridgehead atoms. The molecule has 16 heavy (non-hydrogen) atoms. The Kier molecular flexibility index (Phi) is 5.29. The van der Waals surface area contributed by atoms with Gasteiger partial charge in [0.2, 0.25) is 5.91 Å². The third-order valence-electron chi connectivity index (χ3n) is 2.38. The van der Waals surface area contributed by atoms with Gasteiger partial charge in [0.05, 0.1) is 5.92 Å². The number of hydrogen-bond donors (Lipinski definition) is 2. The topological polar surface area (TPSA) is 55.1 Å². The van der Waals surface area contributed by atoms with Crippen LogP contribution in [0.5, 0.6) is 0 Å². The molecule has 0 heterocycles. The summed E-state index contributed by atoms with van der Waals surface area (Å²) < 4.78 is 0. The highest BCUT2D eigenvalue weighted by atomic mass is 35.5. The van der Waals surface area contributed by atoms with Crippen LogP contribution in [0.25, 0.3) is 0 Å². The molecule has 1 amide bonds. The molecule has 1 aromatic carbocycles. The zero-order chi connectivity index (χ0) is 12.0. The summed E-state index contributed by atoms with van der Waals surface area (Å²) >= 11 is 5.83. The molecule has 88 valence electrons. The van der Waals surface area contributed by atoms with Gasteiger partial charge in [-0.2, -0.15) is 0 Å². The average molecular weight is 241 g/mol. The highest BCUT2D eigenvalue weighted by molar-refractivity contribution is 6.30. The maximum Gasteiger partial charge on any atom is 0.228 e. The zero-order valence-electron chi connectivity index (χ0n) is 9.37. The Balaban J connectivity index is 2.62. The lowest BCUT2D eigenvalue weighted by Crippen LogP contribution is -2.29. The Bertz CT molecular complexity index is 355. The Labute approximate surface area is 101 Å². The van der Waals surface area contributed by atoms with E-state index >= 15 is 0 Å². The Hall–Kier alpha value is -1.06. The molecule has 1 rings (SSSR count). The minimum atomic E-state index is -0.121. The molecule has 0 saturated carbocycles. The lowest BCUT2D eigenvalue weighted by Gasteiger charge is -2.13. The van der Waals surface area contributed by atoms with E-state index in [2.05, 4.69) is 5.32 Å². The molecule has 0 spiro atoms. The first-order valence-electron chi connectivity index (χ1n) is 5.44. The summed E-state index contributed by atoms with van der Waals surface area (Å²) in [6.07, 6.45) is 1.76. The molecule has 1 unspecified atom stereocenters. The van der Waals surface area contributed by atoms with E-state index in [9.17, 15) is 4.79 Å². The molecule has 0 fully saturated rings. The van der Waals surface area contributed by atoms with Gasteiger partial charge in [-0.1, -0.05) is 31.0 Å². The highest BCUT2D eigenvalue weighted by Crippen LogP contribution is 2.16. The van der Waals surface area contributed by atoms with Crippen LogP contribution < -0.4 is 11.1 Å². The maximum atomic E-state index is 11.8. The van der Waals surface area contributed by atoms with Crippen molar-refractivity contribution in [3.63, 3.8) is 0 Å². The second-order valence-electron chi connectivity index (χ2n) is 3.72. The van der Waals surface area contributed by atoms with Gasteiger partial charge in [-0.05, 0) is 24.6 Å². The number of anilines is 1. The first kappa shape index (κ1) is 13.0. The van der Waals surface area contributed by atoms with E-state index in [0.717, 1.165) is 12.8 Å². The quantitative estimate of drug-likeness (QED) is 0.832. The molecule has 0 aliphatic rings. The summed E-state index contributed by atoms with van der Waals surface area (Å²) in [5.41, 5.74) is 6.27. The summed E-state index contributed by atoms with van der Waals surface area (Å²) in [4.78, 5) is 11.8. The SMILES string of the molecule is CCCC(CN)C(=O)Nc1cccc(Cl)c1. The molecular weight excluding hydrogens is 224 g/mol. The van der Waals surface area contributed by atoms with Crippen molar-refractivity contribution in [2.75, 3.05) is 11.9 Å². The Morgan fingerprint density at radius 2 is 2.31 bits per heavy atom. The van der Waals surface area contributed by atoms with Crippen molar-refractivity contribution in [2.45, 2.75) is 19.8 Å². The fraction of sp³-hybridized carbons (Fsp3) is 0.417. The Morgan fingerprint density at radius 1 is 1.56 bits per heavy atom. The fourth-order valence-corrected chi connectivity index (χ4v) is 1.71. The van der Waals surface area contributed by atoms with Crippen LogP contribution in [-0.4, -0.2) is 12.5 Å². The van der Waals surface area contributed by atoms with E-state index in [1.165, 1.54) is 0 Å². The van der Waals surface area contributed by atoms with Crippen LogP contribution in [0.15, 0.2) is 24.3 Å². The number of carbonyl (C=O) groups is 1. The third-order valence-corrected chi connectivity index (χ3v) is 2.62.